The van der Waals surface area contributed by atoms with Crippen LogP contribution in [0.5, 0.6) is 0 Å². The van der Waals surface area contributed by atoms with Crippen LogP contribution in [0.2, 0.25) is 0 Å². The summed E-state index contributed by atoms with van der Waals surface area (Å²) in [6.07, 6.45) is 0. The number of benzene rings is 4. The third-order valence-electron chi connectivity index (χ3n) is 5.55. The molecular formula is C28H26N2S2. The van der Waals surface area contributed by atoms with E-state index in [0.29, 0.717) is 0 Å². The van der Waals surface area contributed by atoms with E-state index < -0.39 is 0 Å². The van der Waals surface area contributed by atoms with Crippen LogP contribution in [0.3, 0.4) is 0 Å². The minimum atomic E-state index is 0.249. The molecule has 0 aromatic heterocycles. The van der Waals surface area contributed by atoms with Crippen molar-refractivity contribution < 1.29 is 0 Å². The van der Waals surface area contributed by atoms with E-state index in [4.69, 9.17) is 0 Å². The van der Waals surface area contributed by atoms with Gasteiger partial charge < -0.3 is 9.80 Å². The molecule has 0 aliphatic carbocycles. The number of nitrogens with zero attached hydrogens (tertiary/aromatic N) is 2. The van der Waals surface area contributed by atoms with Gasteiger partial charge in [-0.25, -0.2) is 0 Å². The third-order valence-corrected chi connectivity index (χ3v) is 8.48. The van der Waals surface area contributed by atoms with Crippen molar-refractivity contribution in [1.82, 2.24) is 0 Å². The van der Waals surface area contributed by atoms with Crippen molar-refractivity contribution >= 4 is 46.3 Å². The van der Waals surface area contributed by atoms with Gasteiger partial charge in [-0.15, -0.1) is 23.5 Å². The van der Waals surface area contributed by atoms with E-state index in [9.17, 15) is 0 Å². The van der Waals surface area contributed by atoms with Crippen molar-refractivity contribution in [3.8, 4) is 0 Å². The number of hydrogen-bond donors (Lipinski definition) is 0. The summed E-state index contributed by atoms with van der Waals surface area (Å²) in [4.78, 5) is 5.03. The molecular weight excluding hydrogens is 428 g/mol. The van der Waals surface area contributed by atoms with Crippen LogP contribution in [0.25, 0.3) is 0 Å². The molecule has 2 nitrogen and oxygen atoms in total. The SMILES string of the molecule is c1ccc(N(c2ccccc2)C2SCCSC2N(c2ccccc2)c2ccccc2)cc1. The molecule has 0 amide bonds. The zero-order valence-corrected chi connectivity index (χ0v) is 19.5. The minimum Gasteiger partial charge on any atom is -0.326 e. The standard InChI is InChI=1S/C28H26N2S2/c1-5-13-23(14-6-1)29(24-15-7-2-8-16-24)27-28(32-22-21-31-27)30(25-17-9-3-10-18-25)26-19-11-4-12-20-26/h1-20,27-28H,21-22H2. The van der Waals surface area contributed by atoms with Gasteiger partial charge in [-0.2, -0.15) is 0 Å². The summed E-state index contributed by atoms with van der Waals surface area (Å²) in [5.74, 6) is 2.28. The molecule has 0 saturated carbocycles. The summed E-state index contributed by atoms with van der Waals surface area (Å²) >= 11 is 4.10. The predicted octanol–water partition coefficient (Wildman–Crippen LogP) is 7.80. The van der Waals surface area contributed by atoms with Crippen LogP contribution in [0.15, 0.2) is 121 Å². The van der Waals surface area contributed by atoms with E-state index in [2.05, 4.69) is 155 Å². The molecule has 5 rings (SSSR count). The molecule has 1 aliphatic rings. The quantitative estimate of drug-likeness (QED) is 0.293. The molecule has 1 fully saturated rings. The van der Waals surface area contributed by atoms with Gasteiger partial charge in [0.05, 0.1) is 0 Å². The molecule has 0 bridgehead atoms. The lowest BCUT2D eigenvalue weighted by Gasteiger charge is -2.45. The molecule has 160 valence electrons. The van der Waals surface area contributed by atoms with Crippen molar-refractivity contribution in [2.24, 2.45) is 0 Å². The Bertz CT molecular complexity index is 921. The Labute approximate surface area is 199 Å². The second kappa shape index (κ2) is 10.2. The first-order valence-electron chi connectivity index (χ1n) is 10.9. The van der Waals surface area contributed by atoms with Gasteiger partial charge in [0.15, 0.2) is 0 Å². The second-order valence-electron chi connectivity index (χ2n) is 7.60. The average molecular weight is 455 g/mol. The number of thioether (sulfide) groups is 2. The summed E-state index contributed by atoms with van der Waals surface area (Å²) in [5, 5.41) is 0.498. The van der Waals surface area contributed by atoms with Crippen LogP contribution in [0, 0.1) is 0 Å². The lowest BCUT2D eigenvalue weighted by Crippen LogP contribution is -2.48. The normalized spacial score (nSPS) is 18.1. The Kier molecular flexibility index (Phi) is 6.71. The lowest BCUT2D eigenvalue weighted by atomic mass is 10.2. The molecule has 2 unspecified atom stereocenters. The van der Waals surface area contributed by atoms with Crippen LogP contribution in [-0.4, -0.2) is 22.3 Å². The van der Waals surface area contributed by atoms with Crippen LogP contribution in [-0.2, 0) is 0 Å². The molecule has 4 aromatic carbocycles. The van der Waals surface area contributed by atoms with Gasteiger partial charge in [0.2, 0.25) is 0 Å². The van der Waals surface area contributed by atoms with Crippen molar-refractivity contribution in [2.45, 2.75) is 10.7 Å². The van der Waals surface area contributed by atoms with E-state index in [1.54, 1.807) is 0 Å². The highest BCUT2D eigenvalue weighted by Gasteiger charge is 2.37. The highest BCUT2D eigenvalue weighted by Crippen LogP contribution is 2.45. The Balaban J connectivity index is 1.62. The first-order chi connectivity index (χ1) is 15.9. The van der Waals surface area contributed by atoms with Gasteiger partial charge >= 0.3 is 0 Å². The Morgan fingerprint density at radius 3 is 0.906 bits per heavy atom. The van der Waals surface area contributed by atoms with Crippen molar-refractivity contribution in [1.29, 1.82) is 0 Å². The largest absolute Gasteiger partial charge is 0.326 e. The highest BCUT2D eigenvalue weighted by molar-refractivity contribution is 8.07. The zero-order chi connectivity index (χ0) is 21.6. The van der Waals surface area contributed by atoms with E-state index in [1.165, 1.54) is 22.7 Å². The molecule has 0 radical (unpaired) electrons. The van der Waals surface area contributed by atoms with Gasteiger partial charge in [-0.05, 0) is 48.5 Å². The maximum atomic E-state index is 2.51. The average Bonchev–Trinajstić information content (AvgIpc) is 2.88. The van der Waals surface area contributed by atoms with E-state index in [0.717, 1.165) is 11.5 Å². The molecule has 0 spiro atoms. The molecule has 4 heteroatoms. The van der Waals surface area contributed by atoms with Crippen molar-refractivity contribution in [2.75, 3.05) is 21.3 Å². The van der Waals surface area contributed by atoms with E-state index >= 15 is 0 Å². The lowest BCUT2D eigenvalue weighted by molar-refractivity contribution is 0.785. The second-order valence-corrected chi connectivity index (χ2v) is 10.1. The number of hydrogen-bond acceptors (Lipinski definition) is 4. The van der Waals surface area contributed by atoms with E-state index in [1.807, 2.05) is 0 Å². The Morgan fingerprint density at radius 2 is 0.656 bits per heavy atom. The van der Waals surface area contributed by atoms with Crippen LogP contribution in [0.4, 0.5) is 22.7 Å². The van der Waals surface area contributed by atoms with Crippen LogP contribution in [0.1, 0.15) is 0 Å². The monoisotopic (exact) mass is 454 g/mol. The zero-order valence-electron chi connectivity index (χ0n) is 17.8. The summed E-state index contributed by atoms with van der Waals surface area (Å²) in [7, 11) is 0. The summed E-state index contributed by atoms with van der Waals surface area (Å²) in [5.41, 5.74) is 4.91. The van der Waals surface area contributed by atoms with Gasteiger partial charge in [0, 0.05) is 34.3 Å². The number of para-hydroxylation sites is 4. The smallest absolute Gasteiger partial charge is 0.110 e. The first kappa shape index (κ1) is 21.0. The molecule has 32 heavy (non-hydrogen) atoms. The Morgan fingerprint density at radius 1 is 0.406 bits per heavy atom. The van der Waals surface area contributed by atoms with Gasteiger partial charge in [0.1, 0.15) is 10.7 Å². The third kappa shape index (κ3) is 4.52. The fourth-order valence-electron chi connectivity index (χ4n) is 4.15. The first-order valence-corrected chi connectivity index (χ1v) is 13.0. The van der Waals surface area contributed by atoms with Crippen molar-refractivity contribution in [3.63, 3.8) is 0 Å². The maximum Gasteiger partial charge on any atom is 0.110 e. The fraction of sp³-hybridized carbons (Fsp3) is 0.143. The number of anilines is 4. The molecule has 1 heterocycles. The maximum absolute atomic E-state index is 2.51. The van der Waals surface area contributed by atoms with E-state index in [-0.39, 0.29) is 10.7 Å². The van der Waals surface area contributed by atoms with Gasteiger partial charge in [0.25, 0.3) is 0 Å². The molecule has 0 N–H and O–H groups in total. The van der Waals surface area contributed by atoms with Crippen molar-refractivity contribution in [3.05, 3.63) is 121 Å². The highest BCUT2D eigenvalue weighted by atomic mass is 32.2. The summed E-state index contributed by atoms with van der Waals surface area (Å²) < 4.78 is 0. The van der Waals surface area contributed by atoms with Crippen LogP contribution >= 0.6 is 23.5 Å². The molecule has 2 atom stereocenters. The van der Waals surface area contributed by atoms with Crippen LogP contribution < -0.4 is 9.80 Å². The molecule has 1 aliphatic heterocycles. The summed E-state index contributed by atoms with van der Waals surface area (Å²) in [6, 6.07) is 43.2. The molecule has 4 aromatic rings. The fourth-order valence-corrected chi connectivity index (χ4v) is 7.23. The Hall–Kier alpha value is -2.82. The minimum absolute atomic E-state index is 0.249. The predicted molar refractivity (Wildman–Crippen MR) is 143 cm³/mol. The van der Waals surface area contributed by atoms with Gasteiger partial charge in [-0.3, -0.25) is 0 Å². The molecule has 1 saturated heterocycles. The number of rotatable bonds is 6. The summed E-state index contributed by atoms with van der Waals surface area (Å²) in [6.45, 7) is 0. The topological polar surface area (TPSA) is 6.48 Å². The van der Waals surface area contributed by atoms with Gasteiger partial charge in [-0.1, -0.05) is 72.8 Å².